The zero-order chi connectivity index (χ0) is 10.5. The van der Waals surface area contributed by atoms with Gasteiger partial charge in [0.25, 0.3) is 0 Å². The average molecular weight is 273 g/mol. The minimum Gasteiger partial charge on any atom is -0.384 e. The van der Waals surface area contributed by atoms with Gasteiger partial charge in [-0.1, -0.05) is 29.8 Å². The summed E-state index contributed by atoms with van der Waals surface area (Å²) < 4.78 is 27.7. The highest BCUT2D eigenvalue weighted by Crippen LogP contribution is 2.20. The molecule has 0 aromatic rings. The van der Waals surface area contributed by atoms with Gasteiger partial charge in [-0.15, -0.1) is 0 Å². The molecule has 0 radical (unpaired) electrons. The summed E-state index contributed by atoms with van der Waals surface area (Å²) in [6.07, 6.45) is 0. The summed E-state index contributed by atoms with van der Waals surface area (Å²) in [5.41, 5.74) is -0.202. The number of methoxy groups -OCH3 is 1. The molecule has 5 heteroatoms. The summed E-state index contributed by atoms with van der Waals surface area (Å²) in [5.74, 6) is 0.314. The maximum absolute atomic E-state index is 11.5. The predicted octanol–water partition coefficient (Wildman–Crippen LogP) is 1.47. The smallest absolute Gasteiger partial charge is 0.153 e. The summed E-state index contributed by atoms with van der Waals surface area (Å²) in [5, 5.41) is 0.687. The summed E-state index contributed by atoms with van der Waals surface area (Å²) in [6, 6.07) is 0. The highest BCUT2D eigenvalue weighted by Gasteiger charge is 2.24. The van der Waals surface area contributed by atoms with Crippen molar-refractivity contribution in [1.29, 1.82) is 0 Å². The van der Waals surface area contributed by atoms with E-state index < -0.39 is 9.84 Å². The fraction of sp³-hybridized carbons (Fsp3) is 1.00. The molecule has 0 heterocycles. The first-order valence-electron chi connectivity index (χ1n) is 4.08. The van der Waals surface area contributed by atoms with Crippen molar-refractivity contribution in [3.05, 3.63) is 0 Å². The Hall–Kier alpha value is 0.390. The molecule has 0 amide bonds. The Balaban J connectivity index is 4.18. The SMILES string of the molecule is COCCS(=O)(=O)CC(C)(C)CBr. The van der Waals surface area contributed by atoms with E-state index in [9.17, 15) is 8.42 Å². The molecule has 0 rings (SSSR count). The van der Waals surface area contributed by atoms with Gasteiger partial charge in [-0.25, -0.2) is 8.42 Å². The summed E-state index contributed by atoms with van der Waals surface area (Å²) in [7, 11) is -1.46. The van der Waals surface area contributed by atoms with Gasteiger partial charge in [0.1, 0.15) is 0 Å². The second-order valence-electron chi connectivity index (χ2n) is 3.88. The molecule has 0 fully saturated rings. The van der Waals surface area contributed by atoms with Crippen LogP contribution in [-0.4, -0.2) is 39.0 Å². The molecule has 0 aliphatic rings. The van der Waals surface area contributed by atoms with E-state index in [0.717, 1.165) is 0 Å². The van der Waals surface area contributed by atoms with Gasteiger partial charge >= 0.3 is 0 Å². The Morgan fingerprint density at radius 3 is 2.31 bits per heavy atom. The molecule has 0 N–H and O–H groups in total. The number of ether oxygens (including phenoxy) is 1. The van der Waals surface area contributed by atoms with Crippen LogP contribution in [-0.2, 0) is 14.6 Å². The van der Waals surface area contributed by atoms with Crippen LogP contribution in [0.3, 0.4) is 0 Å². The van der Waals surface area contributed by atoms with Crippen LogP contribution in [0.1, 0.15) is 13.8 Å². The molecule has 0 aliphatic heterocycles. The first-order chi connectivity index (χ1) is 5.83. The van der Waals surface area contributed by atoms with Gasteiger partial charge in [-0.3, -0.25) is 0 Å². The van der Waals surface area contributed by atoms with Crippen molar-refractivity contribution in [1.82, 2.24) is 0 Å². The van der Waals surface area contributed by atoms with Gasteiger partial charge in [-0.05, 0) is 5.41 Å². The third kappa shape index (κ3) is 6.46. The second-order valence-corrected chi connectivity index (χ2v) is 6.63. The summed E-state index contributed by atoms with van der Waals surface area (Å²) in [4.78, 5) is 0. The van der Waals surface area contributed by atoms with Crippen LogP contribution in [0.15, 0.2) is 0 Å². The molecule has 0 saturated heterocycles. The third-order valence-electron chi connectivity index (χ3n) is 1.57. The highest BCUT2D eigenvalue weighted by atomic mass is 79.9. The predicted molar refractivity (Wildman–Crippen MR) is 58.1 cm³/mol. The molecule has 0 unspecified atom stereocenters. The van der Waals surface area contributed by atoms with Crippen LogP contribution >= 0.6 is 15.9 Å². The lowest BCUT2D eigenvalue weighted by atomic mass is 10.0. The average Bonchev–Trinajstić information content (AvgIpc) is 1.99. The van der Waals surface area contributed by atoms with Gasteiger partial charge in [0.2, 0.25) is 0 Å². The Kier molecular flexibility index (Phi) is 5.47. The summed E-state index contributed by atoms with van der Waals surface area (Å²) >= 11 is 3.30. The highest BCUT2D eigenvalue weighted by molar-refractivity contribution is 9.09. The van der Waals surface area contributed by atoms with Crippen molar-refractivity contribution in [3.63, 3.8) is 0 Å². The van der Waals surface area contributed by atoms with E-state index in [0.29, 0.717) is 5.33 Å². The molecule has 0 aromatic carbocycles. The monoisotopic (exact) mass is 272 g/mol. The van der Waals surface area contributed by atoms with Gasteiger partial charge in [0.15, 0.2) is 9.84 Å². The van der Waals surface area contributed by atoms with Crippen molar-refractivity contribution in [2.24, 2.45) is 5.41 Å². The fourth-order valence-electron chi connectivity index (χ4n) is 0.916. The normalized spacial score (nSPS) is 13.2. The van der Waals surface area contributed by atoms with E-state index in [1.54, 1.807) is 0 Å². The molecule has 0 atom stereocenters. The lowest BCUT2D eigenvalue weighted by molar-refractivity contribution is 0.217. The van der Waals surface area contributed by atoms with Crippen LogP contribution in [0, 0.1) is 5.41 Å². The molecular weight excluding hydrogens is 256 g/mol. The molecule has 0 aliphatic carbocycles. The molecule has 0 aromatic heterocycles. The zero-order valence-electron chi connectivity index (χ0n) is 8.34. The minimum absolute atomic E-state index is 0.111. The molecule has 80 valence electrons. The topological polar surface area (TPSA) is 43.4 Å². The Bertz CT molecular complexity index is 234. The first-order valence-corrected chi connectivity index (χ1v) is 7.02. The zero-order valence-corrected chi connectivity index (χ0v) is 10.7. The molecule has 0 bridgehead atoms. The second kappa shape index (κ2) is 5.32. The molecule has 0 spiro atoms. The number of sulfone groups is 1. The number of rotatable bonds is 6. The van der Waals surface area contributed by atoms with Crippen LogP contribution in [0.2, 0.25) is 0 Å². The van der Waals surface area contributed by atoms with Gasteiger partial charge in [0, 0.05) is 12.4 Å². The number of halogens is 1. The summed E-state index contributed by atoms with van der Waals surface area (Å²) in [6.45, 7) is 4.12. The molecule has 3 nitrogen and oxygen atoms in total. The van der Waals surface area contributed by atoms with Crippen molar-refractivity contribution >= 4 is 25.8 Å². The largest absolute Gasteiger partial charge is 0.384 e. The van der Waals surface area contributed by atoms with E-state index in [1.165, 1.54) is 7.11 Å². The van der Waals surface area contributed by atoms with Gasteiger partial charge in [0.05, 0.1) is 18.1 Å². The third-order valence-corrected chi connectivity index (χ3v) is 5.10. The Morgan fingerprint density at radius 2 is 1.92 bits per heavy atom. The van der Waals surface area contributed by atoms with Crippen LogP contribution in [0.4, 0.5) is 0 Å². The van der Waals surface area contributed by atoms with Crippen molar-refractivity contribution in [2.45, 2.75) is 13.8 Å². The van der Waals surface area contributed by atoms with Gasteiger partial charge in [-0.2, -0.15) is 0 Å². The Labute approximate surface area is 88.9 Å². The van der Waals surface area contributed by atoms with E-state index in [-0.39, 0.29) is 23.5 Å². The number of hydrogen-bond acceptors (Lipinski definition) is 3. The van der Waals surface area contributed by atoms with Crippen LogP contribution < -0.4 is 0 Å². The number of alkyl halides is 1. The molecule has 13 heavy (non-hydrogen) atoms. The molecule has 0 saturated carbocycles. The van der Waals surface area contributed by atoms with E-state index >= 15 is 0 Å². The quantitative estimate of drug-likeness (QED) is 0.688. The van der Waals surface area contributed by atoms with Crippen molar-refractivity contribution in [3.8, 4) is 0 Å². The molecular formula is C8H17BrO3S. The first kappa shape index (κ1) is 13.4. The van der Waals surface area contributed by atoms with E-state index in [4.69, 9.17) is 4.74 Å². The fourth-order valence-corrected chi connectivity index (χ4v) is 3.23. The van der Waals surface area contributed by atoms with Crippen molar-refractivity contribution < 1.29 is 13.2 Å². The lowest BCUT2D eigenvalue weighted by Gasteiger charge is -2.20. The standard InChI is InChI=1S/C8H17BrO3S/c1-8(2,6-9)7-13(10,11)5-4-12-3/h4-7H2,1-3H3. The lowest BCUT2D eigenvalue weighted by Crippen LogP contribution is -2.28. The number of hydrogen-bond donors (Lipinski definition) is 0. The maximum Gasteiger partial charge on any atom is 0.153 e. The van der Waals surface area contributed by atoms with E-state index in [1.807, 2.05) is 13.8 Å². The Morgan fingerprint density at radius 1 is 1.38 bits per heavy atom. The minimum atomic E-state index is -2.97. The van der Waals surface area contributed by atoms with Crippen LogP contribution in [0.25, 0.3) is 0 Å². The van der Waals surface area contributed by atoms with Crippen molar-refractivity contribution in [2.75, 3.05) is 30.6 Å². The van der Waals surface area contributed by atoms with E-state index in [2.05, 4.69) is 15.9 Å². The van der Waals surface area contributed by atoms with Gasteiger partial charge < -0.3 is 4.74 Å². The van der Waals surface area contributed by atoms with Crippen LogP contribution in [0.5, 0.6) is 0 Å². The maximum atomic E-state index is 11.5.